The molecule has 4 heteroatoms. The van der Waals surface area contributed by atoms with Crippen LogP contribution in [0, 0.1) is 0 Å². The molecule has 0 heterocycles. The largest absolute Gasteiger partial charge is 0.491 e. The minimum absolute atomic E-state index is 0.581. The van der Waals surface area contributed by atoms with Crippen molar-refractivity contribution in [3.63, 3.8) is 0 Å². The summed E-state index contributed by atoms with van der Waals surface area (Å²) in [6, 6.07) is 6.04. The molecule has 0 aliphatic rings. The van der Waals surface area contributed by atoms with Gasteiger partial charge in [-0.25, -0.2) is 0 Å². The van der Waals surface area contributed by atoms with Crippen molar-refractivity contribution in [2.75, 3.05) is 26.9 Å². The maximum absolute atomic E-state index is 5.64. The Morgan fingerprint density at radius 1 is 1.31 bits per heavy atom. The van der Waals surface area contributed by atoms with Crippen LogP contribution in [0.15, 0.2) is 22.7 Å². The van der Waals surface area contributed by atoms with E-state index in [1.54, 1.807) is 7.11 Å². The first-order chi connectivity index (χ1) is 7.77. The normalized spacial score (nSPS) is 10.4. The van der Waals surface area contributed by atoms with Gasteiger partial charge in [0.05, 0.1) is 6.61 Å². The molecule has 0 bridgehead atoms. The van der Waals surface area contributed by atoms with Crippen LogP contribution < -0.4 is 10.1 Å². The van der Waals surface area contributed by atoms with Gasteiger partial charge in [-0.3, -0.25) is 0 Å². The summed E-state index contributed by atoms with van der Waals surface area (Å²) in [5, 5.41) is 3.29. The van der Waals surface area contributed by atoms with Crippen molar-refractivity contribution in [1.29, 1.82) is 0 Å². The fourth-order valence-electron chi connectivity index (χ4n) is 1.32. The Kier molecular flexibility index (Phi) is 6.45. The zero-order chi connectivity index (χ0) is 11.8. The summed E-state index contributed by atoms with van der Waals surface area (Å²) in [6.07, 6.45) is 0. The number of nitrogens with one attached hydrogen (secondary N) is 1. The zero-order valence-corrected chi connectivity index (χ0v) is 11.3. The van der Waals surface area contributed by atoms with Gasteiger partial charge in [0, 0.05) is 23.7 Å². The molecular weight excluding hydrogens is 270 g/mol. The van der Waals surface area contributed by atoms with Crippen molar-refractivity contribution in [3.05, 3.63) is 28.2 Å². The van der Waals surface area contributed by atoms with Crippen molar-refractivity contribution in [2.24, 2.45) is 0 Å². The van der Waals surface area contributed by atoms with Crippen LogP contribution in [0.4, 0.5) is 0 Å². The average molecular weight is 288 g/mol. The van der Waals surface area contributed by atoms with Crippen LogP contribution in [0.2, 0.25) is 0 Å². The third kappa shape index (κ3) is 4.51. The molecule has 90 valence electrons. The van der Waals surface area contributed by atoms with Crippen LogP contribution in [0.3, 0.4) is 0 Å². The van der Waals surface area contributed by atoms with Crippen molar-refractivity contribution in [2.45, 2.75) is 13.5 Å². The molecule has 1 rings (SSSR count). The lowest BCUT2D eigenvalue weighted by atomic mass is 10.2. The van der Waals surface area contributed by atoms with E-state index in [2.05, 4.69) is 34.2 Å². The zero-order valence-electron chi connectivity index (χ0n) is 9.75. The Morgan fingerprint density at radius 2 is 2.12 bits per heavy atom. The molecule has 0 spiro atoms. The summed E-state index contributed by atoms with van der Waals surface area (Å²) >= 11 is 3.46. The summed E-state index contributed by atoms with van der Waals surface area (Å²) < 4.78 is 11.7. The number of hydrogen-bond acceptors (Lipinski definition) is 3. The molecule has 3 nitrogen and oxygen atoms in total. The van der Waals surface area contributed by atoms with E-state index in [0.29, 0.717) is 13.2 Å². The van der Waals surface area contributed by atoms with E-state index >= 15 is 0 Å². The minimum Gasteiger partial charge on any atom is -0.491 e. The lowest BCUT2D eigenvalue weighted by molar-refractivity contribution is 0.145. The standard InChI is InChI=1S/C12H18BrNO2/c1-3-14-9-10-8-11(13)4-5-12(10)16-7-6-15-2/h4-5,8,14H,3,6-7,9H2,1-2H3. The summed E-state index contributed by atoms with van der Waals surface area (Å²) in [7, 11) is 1.67. The first-order valence-electron chi connectivity index (χ1n) is 5.38. The van der Waals surface area contributed by atoms with Gasteiger partial charge in [0.25, 0.3) is 0 Å². The first-order valence-corrected chi connectivity index (χ1v) is 6.18. The molecule has 0 radical (unpaired) electrons. The third-order valence-electron chi connectivity index (χ3n) is 2.13. The maximum Gasteiger partial charge on any atom is 0.123 e. The minimum atomic E-state index is 0.581. The van der Waals surface area contributed by atoms with Crippen molar-refractivity contribution >= 4 is 15.9 Å². The summed E-state index contributed by atoms with van der Waals surface area (Å²) in [5.74, 6) is 0.918. The topological polar surface area (TPSA) is 30.5 Å². The van der Waals surface area contributed by atoms with Crippen molar-refractivity contribution in [1.82, 2.24) is 5.32 Å². The average Bonchev–Trinajstić information content (AvgIpc) is 2.29. The van der Waals surface area contributed by atoms with Crippen LogP contribution >= 0.6 is 15.9 Å². The lowest BCUT2D eigenvalue weighted by Crippen LogP contribution is -2.13. The molecule has 0 unspecified atom stereocenters. The van der Waals surface area contributed by atoms with E-state index in [0.717, 1.165) is 28.9 Å². The molecule has 1 N–H and O–H groups in total. The highest BCUT2D eigenvalue weighted by Gasteiger charge is 2.03. The summed E-state index contributed by atoms with van der Waals surface area (Å²) in [5.41, 5.74) is 1.16. The van der Waals surface area contributed by atoms with E-state index in [4.69, 9.17) is 9.47 Å². The van der Waals surface area contributed by atoms with Gasteiger partial charge in [-0.2, -0.15) is 0 Å². The first kappa shape index (κ1) is 13.5. The highest BCUT2D eigenvalue weighted by atomic mass is 79.9. The molecule has 0 saturated carbocycles. The van der Waals surface area contributed by atoms with Gasteiger partial charge < -0.3 is 14.8 Å². The molecule has 16 heavy (non-hydrogen) atoms. The van der Waals surface area contributed by atoms with Gasteiger partial charge in [0.15, 0.2) is 0 Å². The fourth-order valence-corrected chi connectivity index (χ4v) is 1.73. The predicted octanol–water partition coefficient (Wildman–Crippen LogP) is 2.58. The second kappa shape index (κ2) is 7.65. The Balaban J connectivity index is 2.64. The van der Waals surface area contributed by atoms with Crippen molar-refractivity contribution < 1.29 is 9.47 Å². The van der Waals surface area contributed by atoms with E-state index in [1.807, 2.05) is 12.1 Å². The lowest BCUT2D eigenvalue weighted by Gasteiger charge is -2.12. The Hall–Kier alpha value is -0.580. The Morgan fingerprint density at radius 3 is 2.81 bits per heavy atom. The quantitative estimate of drug-likeness (QED) is 0.782. The number of rotatable bonds is 7. The third-order valence-corrected chi connectivity index (χ3v) is 2.63. The number of halogens is 1. The highest BCUT2D eigenvalue weighted by Crippen LogP contribution is 2.23. The monoisotopic (exact) mass is 287 g/mol. The second-order valence-corrected chi connectivity index (χ2v) is 4.29. The molecule has 1 aromatic rings. The van der Waals surface area contributed by atoms with Gasteiger partial charge in [0.2, 0.25) is 0 Å². The van der Waals surface area contributed by atoms with Crippen LogP contribution in [0.5, 0.6) is 5.75 Å². The molecule has 0 aliphatic carbocycles. The highest BCUT2D eigenvalue weighted by molar-refractivity contribution is 9.10. The number of benzene rings is 1. The second-order valence-electron chi connectivity index (χ2n) is 3.37. The van der Waals surface area contributed by atoms with Gasteiger partial charge in [-0.15, -0.1) is 0 Å². The van der Waals surface area contributed by atoms with E-state index < -0.39 is 0 Å². The van der Waals surface area contributed by atoms with Gasteiger partial charge in [0.1, 0.15) is 12.4 Å². The maximum atomic E-state index is 5.64. The molecule has 0 aliphatic heterocycles. The SMILES string of the molecule is CCNCc1cc(Br)ccc1OCCOC. The smallest absolute Gasteiger partial charge is 0.123 e. The van der Waals surface area contributed by atoms with E-state index in [-0.39, 0.29) is 0 Å². The van der Waals surface area contributed by atoms with Crippen molar-refractivity contribution in [3.8, 4) is 5.75 Å². The number of methoxy groups -OCH3 is 1. The molecule has 1 aromatic carbocycles. The van der Waals surface area contributed by atoms with E-state index in [9.17, 15) is 0 Å². The predicted molar refractivity (Wildman–Crippen MR) is 68.9 cm³/mol. The molecule has 0 saturated heterocycles. The van der Waals surface area contributed by atoms with E-state index in [1.165, 1.54) is 0 Å². The molecule has 0 aromatic heterocycles. The van der Waals surface area contributed by atoms with Crippen LogP contribution in [0.1, 0.15) is 12.5 Å². The van der Waals surface area contributed by atoms with Gasteiger partial charge in [-0.1, -0.05) is 22.9 Å². The van der Waals surface area contributed by atoms with Crippen LogP contribution in [-0.2, 0) is 11.3 Å². The van der Waals surface area contributed by atoms with Gasteiger partial charge >= 0.3 is 0 Å². The van der Waals surface area contributed by atoms with Crippen LogP contribution in [-0.4, -0.2) is 26.9 Å². The summed E-state index contributed by atoms with van der Waals surface area (Å²) in [6.45, 7) is 5.04. The Labute approximate surface area is 105 Å². The molecule has 0 amide bonds. The van der Waals surface area contributed by atoms with Gasteiger partial charge in [-0.05, 0) is 24.7 Å². The summed E-state index contributed by atoms with van der Waals surface area (Å²) in [4.78, 5) is 0. The number of hydrogen-bond donors (Lipinski definition) is 1. The molecular formula is C12H18BrNO2. The number of ether oxygens (including phenoxy) is 2. The van der Waals surface area contributed by atoms with Crippen LogP contribution in [0.25, 0.3) is 0 Å². The molecule has 0 fully saturated rings. The molecule has 0 atom stereocenters. The Bertz CT molecular complexity index is 318. The fraction of sp³-hybridized carbons (Fsp3) is 0.500.